The van der Waals surface area contributed by atoms with E-state index >= 15 is 0 Å². The van der Waals surface area contributed by atoms with E-state index in [2.05, 4.69) is 10.3 Å². The van der Waals surface area contributed by atoms with E-state index in [1.165, 1.54) is 28.5 Å². The molecule has 0 unspecified atom stereocenters. The van der Waals surface area contributed by atoms with E-state index in [-0.39, 0.29) is 17.5 Å². The number of nitrogens with zero attached hydrogens (tertiary/aromatic N) is 3. The first-order chi connectivity index (χ1) is 12.9. The molecule has 1 aliphatic heterocycles. The van der Waals surface area contributed by atoms with Crippen molar-refractivity contribution in [1.29, 1.82) is 0 Å². The molecule has 0 spiro atoms. The van der Waals surface area contributed by atoms with Crippen LogP contribution in [0.1, 0.15) is 5.56 Å². The predicted octanol–water partition coefficient (Wildman–Crippen LogP) is 0.860. The molecule has 0 aliphatic carbocycles. The Bertz CT molecular complexity index is 919. The summed E-state index contributed by atoms with van der Waals surface area (Å²) in [4.78, 5) is 16.3. The lowest BCUT2D eigenvalue weighted by atomic mass is 10.2. The minimum absolute atomic E-state index is 0.0667. The number of anilines is 1. The first kappa shape index (κ1) is 19.3. The largest absolute Gasteiger partial charge is 0.495 e. The number of sulfonamides is 1. The Balaban J connectivity index is 1.69. The Labute approximate surface area is 158 Å². The zero-order valence-corrected chi connectivity index (χ0v) is 16.0. The molecule has 27 heavy (non-hydrogen) atoms. The summed E-state index contributed by atoms with van der Waals surface area (Å²) in [6, 6.07) is 5.46. The molecule has 0 atom stereocenters. The topological polar surface area (TPSA) is 103 Å². The van der Waals surface area contributed by atoms with Crippen molar-refractivity contribution < 1.29 is 22.7 Å². The van der Waals surface area contributed by atoms with E-state index < -0.39 is 10.0 Å². The summed E-state index contributed by atoms with van der Waals surface area (Å²) in [7, 11) is -2.16. The number of aromatic nitrogens is 2. The van der Waals surface area contributed by atoms with Crippen LogP contribution >= 0.6 is 0 Å². The number of hydrogen-bond acceptors (Lipinski definition) is 6. The molecule has 1 aliphatic rings. The minimum Gasteiger partial charge on any atom is -0.495 e. The molecule has 146 valence electrons. The van der Waals surface area contributed by atoms with Crippen molar-refractivity contribution in [3.8, 4) is 5.75 Å². The van der Waals surface area contributed by atoms with Crippen LogP contribution in [0.25, 0.3) is 0 Å². The SMILES string of the molecule is COc1ccc(C)cc1NC(=O)Cn1cnc(S(=O)(=O)N2CCOCC2)c1. The molecule has 1 saturated heterocycles. The van der Waals surface area contributed by atoms with Crippen LogP contribution in [0.4, 0.5) is 5.69 Å². The normalized spacial score (nSPS) is 15.5. The van der Waals surface area contributed by atoms with Gasteiger partial charge in [0.15, 0.2) is 5.03 Å². The molecule has 1 amide bonds. The summed E-state index contributed by atoms with van der Waals surface area (Å²) in [6.45, 7) is 3.16. The third-order valence-electron chi connectivity index (χ3n) is 4.14. The Kier molecular flexibility index (Phi) is 5.78. The quantitative estimate of drug-likeness (QED) is 0.780. The van der Waals surface area contributed by atoms with Gasteiger partial charge in [0.25, 0.3) is 10.0 Å². The number of carbonyl (C=O) groups excluding carboxylic acids is 1. The number of aryl methyl sites for hydroxylation is 1. The molecule has 1 aromatic carbocycles. The summed E-state index contributed by atoms with van der Waals surface area (Å²) in [5, 5.41) is 2.69. The molecule has 1 fully saturated rings. The fourth-order valence-corrected chi connectivity index (χ4v) is 4.10. The third kappa shape index (κ3) is 4.46. The number of nitrogens with one attached hydrogen (secondary N) is 1. The standard InChI is InChI=1S/C17H22N4O5S/c1-13-3-4-15(25-2)14(9-13)19-16(22)10-20-11-17(18-12-20)27(23,24)21-5-7-26-8-6-21/h3-4,9,11-12H,5-8,10H2,1-2H3,(H,19,22). The first-order valence-corrected chi connectivity index (χ1v) is 9.88. The van der Waals surface area contributed by atoms with Gasteiger partial charge in [-0.1, -0.05) is 6.07 Å². The maximum absolute atomic E-state index is 12.6. The highest BCUT2D eigenvalue weighted by Gasteiger charge is 2.28. The van der Waals surface area contributed by atoms with Crippen molar-refractivity contribution >= 4 is 21.6 Å². The highest BCUT2D eigenvalue weighted by atomic mass is 32.2. The van der Waals surface area contributed by atoms with Gasteiger partial charge < -0.3 is 19.4 Å². The number of methoxy groups -OCH3 is 1. The van der Waals surface area contributed by atoms with Crippen LogP contribution in [0.5, 0.6) is 5.75 Å². The number of imidazole rings is 1. The summed E-state index contributed by atoms with van der Waals surface area (Å²) < 4.78 is 38.3. The van der Waals surface area contributed by atoms with Crippen molar-refractivity contribution in [2.75, 3.05) is 38.7 Å². The summed E-state index contributed by atoms with van der Waals surface area (Å²) in [5.41, 5.74) is 1.54. The van der Waals surface area contributed by atoms with Gasteiger partial charge in [0.2, 0.25) is 5.91 Å². The fraction of sp³-hybridized carbons (Fsp3) is 0.412. The van der Waals surface area contributed by atoms with Gasteiger partial charge in [-0.3, -0.25) is 4.79 Å². The second kappa shape index (κ2) is 8.07. The number of benzene rings is 1. The Hall–Kier alpha value is -2.43. The van der Waals surface area contributed by atoms with Gasteiger partial charge in [-0.25, -0.2) is 13.4 Å². The first-order valence-electron chi connectivity index (χ1n) is 8.44. The summed E-state index contributed by atoms with van der Waals surface area (Å²) in [6.07, 6.45) is 2.69. The van der Waals surface area contributed by atoms with Crippen LogP contribution in [0, 0.1) is 6.92 Å². The highest BCUT2D eigenvalue weighted by Crippen LogP contribution is 2.25. The number of rotatable bonds is 6. The summed E-state index contributed by atoms with van der Waals surface area (Å²) in [5.74, 6) is 0.238. The van der Waals surface area contributed by atoms with E-state index in [9.17, 15) is 13.2 Å². The van der Waals surface area contributed by atoms with Crippen molar-refractivity contribution in [2.45, 2.75) is 18.5 Å². The van der Waals surface area contributed by atoms with Gasteiger partial charge in [0.1, 0.15) is 12.3 Å². The lowest BCUT2D eigenvalue weighted by molar-refractivity contribution is -0.116. The number of amides is 1. The molecule has 0 saturated carbocycles. The second-order valence-electron chi connectivity index (χ2n) is 6.15. The van der Waals surface area contributed by atoms with Crippen LogP contribution in [0.15, 0.2) is 35.7 Å². The van der Waals surface area contributed by atoms with E-state index in [1.807, 2.05) is 13.0 Å². The van der Waals surface area contributed by atoms with Gasteiger partial charge in [0, 0.05) is 19.3 Å². The van der Waals surface area contributed by atoms with Gasteiger partial charge in [-0.05, 0) is 24.6 Å². The van der Waals surface area contributed by atoms with Gasteiger partial charge >= 0.3 is 0 Å². The fourth-order valence-electron chi connectivity index (χ4n) is 2.75. The Morgan fingerprint density at radius 3 is 2.78 bits per heavy atom. The molecule has 9 nitrogen and oxygen atoms in total. The smallest absolute Gasteiger partial charge is 0.262 e. The minimum atomic E-state index is -3.68. The zero-order valence-electron chi connectivity index (χ0n) is 15.2. The average Bonchev–Trinajstić information content (AvgIpc) is 3.12. The van der Waals surface area contributed by atoms with E-state index in [0.29, 0.717) is 37.7 Å². The average molecular weight is 394 g/mol. The molecular formula is C17H22N4O5S. The molecular weight excluding hydrogens is 372 g/mol. The van der Waals surface area contributed by atoms with Gasteiger partial charge in [-0.2, -0.15) is 4.31 Å². The second-order valence-corrected chi connectivity index (χ2v) is 8.04. The van der Waals surface area contributed by atoms with Crippen molar-refractivity contribution in [3.05, 3.63) is 36.3 Å². The number of carbonyl (C=O) groups is 1. The number of hydrogen-bond donors (Lipinski definition) is 1. The molecule has 0 bridgehead atoms. The van der Waals surface area contributed by atoms with E-state index in [0.717, 1.165) is 5.56 Å². The lowest BCUT2D eigenvalue weighted by Gasteiger charge is -2.24. The van der Waals surface area contributed by atoms with Crippen LogP contribution in [0.2, 0.25) is 0 Å². The summed E-state index contributed by atoms with van der Waals surface area (Å²) >= 11 is 0. The van der Waals surface area contributed by atoms with Crippen LogP contribution in [0.3, 0.4) is 0 Å². The molecule has 0 radical (unpaired) electrons. The highest BCUT2D eigenvalue weighted by molar-refractivity contribution is 7.89. The number of ether oxygens (including phenoxy) is 2. The third-order valence-corrected chi connectivity index (χ3v) is 5.92. The molecule has 2 aromatic rings. The predicted molar refractivity (Wildman–Crippen MR) is 98.2 cm³/mol. The van der Waals surface area contributed by atoms with E-state index in [4.69, 9.17) is 9.47 Å². The van der Waals surface area contributed by atoms with Gasteiger partial charge in [0.05, 0.1) is 32.3 Å². The van der Waals surface area contributed by atoms with Crippen LogP contribution in [-0.4, -0.2) is 61.6 Å². The number of morpholine rings is 1. The molecule has 1 N–H and O–H groups in total. The molecule has 10 heteroatoms. The maximum atomic E-state index is 12.6. The van der Waals surface area contributed by atoms with Crippen LogP contribution in [-0.2, 0) is 26.1 Å². The molecule has 1 aromatic heterocycles. The molecule has 3 rings (SSSR count). The lowest BCUT2D eigenvalue weighted by Crippen LogP contribution is -2.40. The van der Waals surface area contributed by atoms with Crippen molar-refractivity contribution in [2.24, 2.45) is 0 Å². The van der Waals surface area contributed by atoms with Crippen LogP contribution < -0.4 is 10.1 Å². The van der Waals surface area contributed by atoms with Crippen molar-refractivity contribution in [3.63, 3.8) is 0 Å². The Morgan fingerprint density at radius 2 is 2.07 bits per heavy atom. The Morgan fingerprint density at radius 1 is 1.33 bits per heavy atom. The molecule has 2 heterocycles. The monoisotopic (exact) mass is 394 g/mol. The zero-order chi connectivity index (χ0) is 19.4. The maximum Gasteiger partial charge on any atom is 0.262 e. The van der Waals surface area contributed by atoms with E-state index in [1.54, 1.807) is 12.1 Å². The van der Waals surface area contributed by atoms with Gasteiger partial charge in [-0.15, -0.1) is 0 Å². The van der Waals surface area contributed by atoms with Crippen molar-refractivity contribution in [1.82, 2.24) is 13.9 Å².